The summed E-state index contributed by atoms with van der Waals surface area (Å²) in [5.74, 6) is 0. The van der Waals surface area contributed by atoms with Gasteiger partial charge >= 0.3 is 0 Å². The van der Waals surface area contributed by atoms with Gasteiger partial charge in [-0.25, -0.2) is 0 Å². The predicted octanol–water partition coefficient (Wildman–Crippen LogP) is 4.72. The van der Waals surface area contributed by atoms with Gasteiger partial charge in [0.1, 0.15) is 0 Å². The van der Waals surface area contributed by atoms with Gasteiger partial charge in [0, 0.05) is 10.2 Å². The number of rotatable bonds is 2. The topological polar surface area (TPSA) is 35.8 Å². The lowest BCUT2D eigenvalue weighted by Gasteiger charge is -2.08. The Labute approximate surface area is 113 Å². The van der Waals surface area contributed by atoms with Crippen LogP contribution in [0.3, 0.4) is 0 Å². The normalized spacial score (nSPS) is 9.71. The Hall–Kier alpha value is -1.50. The van der Waals surface area contributed by atoms with Gasteiger partial charge < -0.3 is 5.32 Å². The van der Waals surface area contributed by atoms with E-state index in [2.05, 4.69) is 27.3 Å². The zero-order valence-electron chi connectivity index (χ0n) is 8.74. The van der Waals surface area contributed by atoms with E-state index in [9.17, 15) is 0 Å². The van der Waals surface area contributed by atoms with Crippen LogP contribution in [0.1, 0.15) is 5.56 Å². The highest BCUT2D eigenvalue weighted by Gasteiger charge is 2.02. The lowest BCUT2D eigenvalue weighted by Crippen LogP contribution is -1.91. The van der Waals surface area contributed by atoms with Crippen molar-refractivity contribution in [3.63, 3.8) is 0 Å². The summed E-state index contributed by atoms with van der Waals surface area (Å²) < 4.78 is 0.929. The molecule has 0 atom stereocenters. The molecule has 2 nitrogen and oxygen atoms in total. The number of benzene rings is 2. The number of nitrogens with zero attached hydrogens (tertiary/aromatic N) is 1. The van der Waals surface area contributed by atoms with Crippen LogP contribution < -0.4 is 5.32 Å². The summed E-state index contributed by atoms with van der Waals surface area (Å²) in [5, 5.41) is 12.6. The Balaban J connectivity index is 2.28. The molecular formula is C13H8BrClN2. The number of nitrogens with one attached hydrogen (secondary N) is 1. The summed E-state index contributed by atoms with van der Waals surface area (Å²) in [6.45, 7) is 0. The van der Waals surface area contributed by atoms with Crippen LogP contribution in [0.25, 0.3) is 0 Å². The van der Waals surface area contributed by atoms with E-state index in [1.54, 1.807) is 12.1 Å². The molecule has 0 aliphatic heterocycles. The zero-order valence-corrected chi connectivity index (χ0v) is 11.1. The molecule has 0 heterocycles. The number of halogens is 2. The first-order valence-electron chi connectivity index (χ1n) is 4.91. The molecule has 0 unspecified atom stereocenters. The van der Waals surface area contributed by atoms with E-state index in [0.717, 1.165) is 15.8 Å². The molecule has 0 saturated heterocycles. The largest absolute Gasteiger partial charge is 0.354 e. The van der Waals surface area contributed by atoms with Crippen LogP contribution in [0.4, 0.5) is 11.4 Å². The molecule has 2 aromatic carbocycles. The molecular weight excluding hydrogens is 300 g/mol. The number of nitriles is 1. The molecule has 0 saturated carbocycles. The maximum absolute atomic E-state index is 8.81. The van der Waals surface area contributed by atoms with Gasteiger partial charge in [-0.15, -0.1) is 0 Å². The van der Waals surface area contributed by atoms with E-state index in [1.165, 1.54) is 0 Å². The quantitative estimate of drug-likeness (QED) is 0.871. The molecule has 0 bridgehead atoms. The molecule has 17 heavy (non-hydrogen) atoms. The van der Waals surface area contributed by atoms with Gasteiger partial charge in [0.15, 0.2) is 0 Å². The van der Waals surface area contributed by atoms with E-state index >= 15 is 0 Å². The molecule has 84 valence electrons. The van der Waals surface area contributed by atoms with Gasteiger partial charge in [-0.1, -0.05) is 33.6 Å². The van der Waals surface area contributed by atoms with Crippen LogP contribution in [0.5, 0.6) is 0 Å². The molecule has 0 radical (unpaired) electrons. The Morgan fingerprint density at radius 2 is 2.00 bits per heavy atom. The zero-order chi connectivity index (χ0) is 12.3. The van der Waals surface area contributed by atoms with Crippen molar-refractivity contribution in [2.24, 2.45) is 0 Å². The van der Waals surface area contributed by atoms with Crippen molar-refractivity contribution < 1.29 is 0 Å². The van der Waals surface area contributed by atoms with Gasteiger partial charge in [0.2, 0.25) is 0 Å². The van der Waals surface area contributed by atoms with Crippen molar-refractivity contribution >= 4 is 38.9 Å². The lowest BCUT2D eigenvalue weighted by atomic mass is 10.2. The highest BCUT2D eigenvalue weighted by Crippen LogP contribution is 2.28. The minimum absolute atomic E-state index is 0.614. The van der Waals surface area contributed by atoms with Crippen molar-refractivity contribution in [2.45, 2.75) is 0 Å². The summed E-state index contributed by atoms with van der Waals surface area (Å²) in [7, 11) is 0. The van der Waals surface area contributed by atoms with Crippen LogP contribution >= 0.6 is 27.5 Å². The highest BCUT2D eigenvalue weighted by molar-refractivity contribution is 9.10. The van der Waals surface area contributed by atoms with Gasteiger partial charge in [-0.3, -0.25) is 0 Å². The van der Waals surface area contributed by atoms with Crippen LogP contribution in [-0.4, -0.2) is 0 Å². The van der Waals surface area contributed by atoms with Crippen molar-refractivity contribution in [3.05, 3.63) is 57.5 Å². The average molecular weight is 308 g/mol. The van der Waals surface area contributed by atoms with Gasteiger partial charge in [-0.05, 0) is 36.4 Å². The van der Waals surface area contributed by atoms with E-state index < -0.39 is 0 Å². The van der Waals surface area contributed by atoms with E-state index in [0.29, 0.717) is 10.6 Å². The molecule has 0 amide bonds. The number of hydrogen-bond donors (Lipinski definition) is 1. The standard InChI is InChI=1S/C13H8BrClN2/c14-10-4-5-13(12(15)7-10)17-11-3-1-2-9(6-11)8-16/h1-7,17H. The fourth-order valence-corrected chi connectivity index (χ4v) is 2.13. The van der Waals surface area contributed by atoms with Crippen molar-refractivity contribution in [2.75, 3.05) is 5.32 Å². The predicted molar refractivity (Wildman–Crippen MR) is 73.6 cm³/mol. The van der Waals surface area contributed by atoms with Crippen molar-refractivity contribution in [1.82, 2.24) is 0 Å². The first-order chi connectivity index (χ1) is 8.19. The first-order valence-corrected chi connectivity index (χ1v) is 6.08. The Kier molecular flexibility index (Phi) is 3.68. The third kappa shape index (κ3) is 3.00. The summed E-state index contributed by atoms with van der Waals surface area (Å²) >= 11 is 9.44. The molecule has 0 fully saturated rings. The average Bonchev–Trinajstić information content (AvgIpc) is 2.33. The summed E-state index contributed by atoms with van der Waals surface area (Å²) in [5.41, 5.74) is 2.27. The molecule has 0 aliphatic carbocycles. The minimum atomic E-state index is 0.614. The van der Waals surface area contributed by atoms with Crippen molar-refractivity contribution in [1.29, 1.82) is 5.26 Å². The SMILES string of the molecule is N#Cc1cccc(Nc2ccc(Br)cc2Cl)c1. The van der Waals surface area contributed by atoms with E-state index in [1.807, 2.05) is 30.3 Å². The summed E-state index contributed by atoms with van der Waals surface area (Å²) in [6.07, 6.45) is 0. The second-order valence-electron chi connectivity index (χ2n) is 3.44. The Bertz CT molecular complexity index is 590. The fraction of sp³-hybridized carbons (Fsp3) is 0. The van der Waals surface area contributed by atoms with Crippen molar-refractivity contribution in [3.8, 4) is 6.07 Å². The third-order valence-corrected chi connectivity index (χ3v) is 3.01. The number of anilines is 2. The first kappa shape index (κ1) is 12.0. The molecule has 2 aromatic rings. The molecule has 1 N–H and O–H groups in total. The lowest BCUT2D eigenvalue weighted by molar-refractivity contribution is 1.47. The maximum Gasteiger partial charge on any atom is 0.0992 e. The van der Waals surface area contributed by atoms with Crippen LogP contribution in [0.15, 0.2) is 46.9 Å². The number of hydrogen-bond acceptors (Lipinski definition) is 2. The summed E-state index contributed by atoms with van der Waals surface area (Å²) in [4.78, 5) is 0. The molecule has 0 aromatic heterocycles. The smallest absolute Gasteiger partial charge is 0.0992 e. The monoisotopic (exact) mass is 306 g/mol. The van der Waals surface area contributed by atoms with Gasteiger partial charge in [-0.2, -0.15) is 5.26 Å². The van der Waals surface area contributed by atoms with E-state index in [4.69, 9.17) is 16.9 Å². The van der Waals surface area contributed by atoms with Gasteiger partial charge in [0.05, 0.1) is 22.3 Å². The highest BCUT2D eigenvalue weighted by atomic mass is 79.9. The molecule has 2 rings (SSSR count). The summed E-state index contributed by atoms with van der Waals surface area (Å²) in [6, 6.07) is 14.9. The van der Waals surface area contributed by atoms with Crippen LogP contribution in [0.2, 0.25) is 5.02 Å². The molecule has 0 aliphatic rings. The Morgan fingerprint density at radius 3 is 2.71 bits per heavy atom. The second kappa shape index (κ2) is 5.22. The Morgan fingerprint density at radius 1 is 1.18 bits per heavy atom. The second-order valence-corrected chi connectivity index (χ2v) is 4.76. The molecule has 0 spiro atoms. The molecule has 4 heteroatoms. The maximum atomic E-state index is 8.81. The van der Waals surface area contributed by atoms with E-state index in [-0.39, 0.29) is 0 Å². The fourth-order valence-electron chi connectivity index (χ4n) is 1.41. The van der Waals surface area contributed by atoms with Crippen LogP contribution in [-0.2, 0) is 0 Å². The minimum Gasteiger partial charge on any atom is -0.354 e. The van der Waals surface area contributed by atoms with Crippen LogP contribution in [0, 0.1) is 11.3 Å². The van der Waals surface area contributed by atoms with Gasteiger partial charge in [0.25, 0.3) is 0 Å². The third-order valence-electron chi connectivity index (χ3n) is 2.20.